The minimum absolute atomic E-state index is 0.175. The maximum absolute atomic E-state index is 12.8. The van der Waals surface area contributed by atoms with E-state index in [9.17, 15) is 9.18 Å². The molecule has 1 aliphatic heterocycles. The van der Waals surface area contributed by atoms with Gasteiger partial charge in [-0.05, 0) is 24.1 Å². The van der Waals surface area contributed by atoms with Crippen molar-refractivity contribution in [1.29, 1.82) is 0 Å². The molecule has 2 rings (SSSR count). The summed E-state index contributed by atoms with van der Waals surface area (Å²) in [4.78, 5) is 13.3. The monoisotopic (exact) mass is 237 g/mol. The van der Waals surface area contributed by atoms with Crippen LogP contribution in [0.4, 0.5) is 4.39 Å². The van der Waals surface area contributed by atoms with Crippen molar-refractivity contribution < 1.29 is 13.9 Å². The molecular formula is C13H16FNO2. The fourth-order valence-electron chi connectivity index (χ4n) is 2.09. The molecule has 3 nitrogen and oxygen atoms in total. The van der Waals surface area contributed by atoms with Crippen LogP contribution in [-0.4, -0.2) is 31.0 Å². The topological polar surface area (TPSA) is 29.5 Å². The SMILES string of the molecule is COC(CN1CCCC1=O)c1ccc(F)cc1. The second kappa shape index (κ2) is 5.27. The largest absolute Gasteiger partial charge is 0.375 e. The number of amides is 1. The molecule has 0 saturated carbocycles. The van der Waals surface area contributed by atoms with Gasteiger partial charge >= 0.3 is 0 Å². The lowest BCUT2D eigenvalue weighted by Crippen LogP contribution is -2.30. The molecule has 1 unspecified atom stereocenters. The smallest absolute Gasteiger partial charge is 0.222 e. The van der Waals surface area contributed by atoms with Crippen LogP contribution in [0.1, 0.15) is 24.5 Å². The second-order valence-corrected chi connectivity index (χ2v) is 4.22. The highest BCUT2D eigenvalue weighted by Crippen LogP contribution is 2.21. The van der Waals surface area contributed by atoms with Crippen molar-refractivity contribution in [3.05, 3.63) is 35.6 Å². The second-order valence-electron chi connectivity index (χ2n) is 4.22. The Bertz CT molecular complexity index is 391. The summed E-state index contributed by atoms with van der Waals surface area (Å²) >= 11 is 0. The van der Waals surface area contributed by atoms with E-state index >= 15 is 0 Å². The lowest BCUT2D eigenvalue weighted by atomic mass is 10.1. The van der Waals surface area contributed by atoms with Gasteiger partial charge in [0.1, 0.15) is 5.82 Å². The van der Waals surface area contributed by atoms with Crippen molar-refractivity contribution in [3.63, 3.8) is 0 Å². The molecule has 92 valence electrons. The van der Waals surface area contributed by atoms with Crippen LogP contribution in [0.25, 0.3) is 0 Å². The van der Waals surface area contributed by atoms with E-state index in [1.807, 2.05) is 0 Å². The molecule has 1 amide bonds. The molecule has 1 aromatic carbocycles. The first kappa shape index (κ1) is 12.0. The average Bonchev–Trinajstić information content (AvgIpc) is 2.73. The highest BCUT2D eigenvalue weighted by atomic mass is 19.1. The van der Waals surface area contributed by atoms with E-state index in [0.717, 1.165) is 18.5 Å². The zero-order valence-corrected chi connectivity index (χ0v) is 9.86. The predicted molar refractivity (Wildman–Crippen MR) is 62.0 cm³/mol. The fourth-order valence-corrected chi connectivity index (χ4v) is 2.09. The summed E-state index contributed by atoms with van der Waals surface area (Å²) in [6.07, 6.45) is 1.36. The van der Waals surface area contributed by atoms with Crippen LogP contribution in [0.3, 0.4) is 0 Å². The zero-order chi connectivity index (χ0) is 12.3. The summed E-state index contributed by atoms with van der Waals surface area (Å²) in [6, 6.07) is 6.22. The molecule has 0 aliphatic carbocycles. The van der Waals surface area contributed by atoms with Crippen molar-refractivity contribution in [3.8, 4) is 0 Å². The number of ether oxygens (including phenoxy) is 1. The van der Waals surface area contributed by atoms with Gasteiger partial charge in [0.2, 0.25) is 5.91 Å². The summed E-state index contributed by atoms with van der Waals surface area (Å²) in [5, 5.41) is 0. The first-order valence-corrected chi connectivity index (χ1v) is 5.76. The minimum atomic E-state index is -0.263. The maximum atomic E-state index is 12.8. The van der Waals surface area contributed by atoms with E-state index in [-0.39, 0.29) is 17.8 Å². The van der Waals surface area contributed by atoms with Crippen LogP contribution in [-0.2, 0) is 9.53 Å². The fraction of sp³-hybridized carbons (Fsp3) is 0.462. The van der Waals surface area contributed by atoms with Gasteiger partial charge in [0.15, 0.2) is 0 Å². The van der Waals surface area contributed by atoms with Crippen molar-refractivity contribution in [2.24, 2.45) is 0 Å². The van der Waals surface area contributed by atoms with Crippen molar-refractivity contribution in [2.45, 2.75) is 18.9 Å². The van der Waals surface area contributed by atoms with E-state index in [2.05, 4.69) is 0 Å². The Hall–Kier alpha value is -1.42. The van der Waals surface area contributed by atoms with E-state index in [1.54, 1.807) is 24.1 Å². The molecule has 0 aromatic heterocycles. The summed E-state index contributed by atoms with van der Waals surface area (Å²) in [7, 11) is 1.61. The van der Waals surface area contributed by atoms with Crippen molar-refractivity contribution >= 4 is 5.91 Å². The summed E-state index contributed by atoms with van der Waals surface area (Å²) in [6.45, 7) is 1.33. The molecule has 0 N–H and O–H groups in total. The zero-order valence-electron chi connectivity index (χ0n) is 9.86. The molecule has 1 aromatic rings. The van der Waals surface area contributed by atoms with Gasteiger partial charge in [-0.3, -0.25) is 4.79 Å². The van der Waals surface area contributed by atoms with Gasteiger partial charge in [-0.15, -0.1) is 0 Å². The number of halogens is 1. The number of hydrogen-bond donors (Lipinski definition) is 0. The van der Waals surface area contributed by atoms with Gasteiger partial charge in [-0.1, -0.05) is 12.1 Å². The predicted octanol–water partition coefficient (Wildman–Crippen LogP) is 2.14. The van der Waals surface area contributed by atoms with Gasteiger partial charge < -0.3 is 9.64 Å². The van der Waals surface area contributed by atoms with Crippen LogP contribution in [0.2, 0.25) is 0 Å². The molecule has 1 atom stereocenters. The summed E-state index contributed by atoms with van der Waals surface area (Å²) in [5.41, 5.74) is 0.897. The Kier molecular flexibility index (Phi) is 3.74. The van der Waals surface area contributed by atoms with E-state index in [4.69, 9.17) is 4.74 Å². The first-order valence-electron chi connectivity index (χ1n) is 5.76. The third-order valence-electron chi connectivity index (χ3n) is 3.08. The van der Waals surface area contributed by atoms with E-state index in [1.165, 1.54) is 12.1 Å². The Labute approximate surface area is 100 Å². The van der Waals surface area contributed by atoms with Crippen LogP contribution < -0.4 is 0 Å². The molecule has 1 aliphatic rings. The molecule has 0 radical (unpaired) electrons. The first-order chi connectivity index (χ1) is 8.20. The van der Waals surface area contributed by atoms with Crippen LogP contribution in [0, 0.1) is 5.82 Å². The Morgan fingerprint density at radius 3 is 2.65 bits per heavy atom. The van der Waals surface area contributed by atoms with E-state index in [0.29, 0.717) is 13.0 Å². The number of rotatable bonds is 4. The average molecular weight is 237 g/mol. The molecule has 0 bridgehead atoms. The highest BCUT2D eigenvalue weighted by Gasteiger charge is 2.24. The lowest BCUT2D eigenvalue weighted by molar-refractivity contribution is -0.129. The number of methoxy groups -OCH3 is 1. The number of carbonyl (C=O) groups is 1. The van der Waals surface area contributed by atoms with Crippen molar-refractivity contribution in [2.75, 3.05) is 20.2 Å². The molecule has 0 spiro atoms. The number of likely N-dealkylation sites (tertiary alicyclic amines) is 1. The number of nitrogens with zero attached hydrogens (tertiary/aromatic N) is 1. The van der Waals surface area contributed by atoms with Crippen LogP contribution in [0.5, 0.6) is 0 Å². The van der Waals surface area contributed by atoms with Gasteiger partial charge in [-0.25, -0.2) is 4.39 Å². The van der Waals surface area contributed by atoms with Gasteiger partial charge in [0, 0.05) is 20.1 Å². The quantitative estimate of drug-likeness (QED) is 0.803. The van der Waals surface area contributed by atoms with Crippen LogP contribution in [0.15, 0.2) is 24.3 Å². The Morgan fingerprint density at radius 2 is 2.12 bits per heavy atom. The molecular weight excluding hydrogens is 221 g/mol. The standard InChI is InChI=1S/C13H16FNO2/c1-17-12(9-15-8-2-3-13(15)16)10-4-6-11(14)7-5-10/h4-7,12H,2-3,8-9H2,1H3. The summed E-state index contributed by atoms with van der Waals surface area (Å²) in [5.74, 6) is -0.0880. The van der Waals surface area contributed by atoms with Crippen LogP contribution >= 0.6 is 0 Å². The van der Waals surface area contributed by atoms with Gasteiger partial charge in [0.05, 0.1) is 12.6 Å². The summed E-state index contributed by atoms with van der Waals surface area (Å²) < 4.78 is 18.2. The molecule has 4 heteroatoms. The van der Waals surface area contributed by atoms with E-state index < -0.39 is 0 Å². The molecule has 17 heavy (non-hydrogen) atoms. The third-order valence-corrected chi connectivity index (χ3v) is 3.08. The van der Waals surface area contributed by atoms with Crippen molar-refractivity contribution in [1.82, 2.24) is 4.90 Å². The molecule has 1 heterocycles. The number of carbonyl (C=O) groups excluding carboxylic acids is 1. The normalized spacial score (nSPS) is 17.5. The lowest BCUT2D eigenvalue weighted by Gasteiger charge is -2.23. The number of benzene rings is 1. The Balaban J connectivity index is 2.05. The minimum Gasteiger partial charge on any atom is -0.375 e. The molecule has 1 saturated heterocycles. The Morgan fingerprint density at radius 1 is 1.41 bits per heavy atom. The highest BCUT2D eigenvalue weighted by molar-refractivity contribution is 5.78. The number of hydrogen-bond acceptors (Lipinski definition) is 2. The van der Waals surface area contributed by atoms with Gasteiger partial charge in [-0.2, -0.15) is 0 Å². The third kappa shape index (κ3) is 2.82. The maximum Gasteiger partial charge on any atom is 0.222 e. The van der Waals surface area contributed by atoms with Gasteiger partial charge in [0.25, 0.3) is 0 Å². The molecule has 1 fully saturated rings.